The molecule has 96 heavy (non-hydrogen) atoms. The largest absolute Gasteiger partial charge is 0.445 e. The molecule has 0 saturated carbocycles. The van der Waals surface area contributed by atoms with Gasteiger partial charge in [0, 0.05) is 66.5 Å². The van der Waals surface area contributed by atoms with Gasteiger partial charge in [-0.2, -0.15) is 0 Å². The highest BCUT2D eigenvalue weighted by Gasteiger charge is 2.46. The number of rotatable bonds is 37. The molecule has 2 aliphatic heterocycles. The van der Waals surface area contributed by atoms with E-state index in [-0.39, 0.29) is 87.3 Å². The van der Waals surface area contributed by atoms with Gasteiger partial charge in [-0.1, -0.05) is 125 Å². The third kappa shape index (κ3) is 22.4. The van der Waals surface area contributed by atoms with Crippen molar-refractivity contribution in [1.82, 2.24) is 46.2 Å². The molecule has 2 heterocycles. The van der Waals surface area contributed by atoms with E-state index in [4.69, 9.17) is 19.9 Å². The number of aliphatic hydroxyl groups excluding tert-OH is 2. The Morgan fingerprint density at radius 1 is 0.729 bits per heavy atom. The van der Waals surface area contributed by atoms with Gasteiger partial charge in [-0.25, -0.2) is 9.59 Å². The molecule has 4 rings (SSSR count). The quantitative estimate of drug-likeness (QED) is 0.0335. The van der Waals surface area contributed by atoms with Crippen molar-refractivity contribution in [2.45, 2.75) is 208 Å². The summed E-state index contributed by atoms with van der Waals surface area (Å²) in [6.45, 7) is 21.9. The van der Waals surface area contributed by atoms with Crippen LogP contribution >= 0.6 is 0 Å². The van der Waals surface area contributed by atoms with Gasteiger partial charge < -0.3 is 71.9 Å². The zero-order chi connectivity index (χ0) is 72.0. The van der Waals surface area contributed by atoms with Crippen molar-refractivity contribution in [3.63, 3.8) is 0 Å². The summed E-state index contributed by atoms with van der Waals surface area (Å²) in [4.78, 5) is 155. The molecule has 2 aromatic carbocycles. The summed E-state index contributed by atoms with van der Waals surface area (Å²) in [5, 5.41) is 38.5. The number of primary amides is 1. The Kier molecular flexibility index (Phi) is 32.2. The lowest BCUT2D eigenvalue weighted by molar-refractivity contribution is -0.150. The van der Waals surface area contributed by atoms with Gasteiger partial charge in [-0.15, -0.1) is 0 Å². The first-order valence-corrected chi connectivity index (χ1v) is 33.6. The number of nitrogens with one attached hydrogen (secondary N) is 6. The van der Waals surface area contributed by atoms with Crippen LogP contribution in [0.3, 0.4) is 0 Å². The SMILES string of the molecule is CC[C@H](C)C([C@@H](CC(=O)N1CCCC1[C@H](OC)[C@H](O)C(=O)N[C@H](C)[C@@H](O)c1ccccc1)OC)N(C)C(=O)C(NC(=O)C(C(C)C)N(C)C(=O)OCc1ccc(NC(=O)[C@H](CCCNC(N)=O)NC(=O)C(NC(=O)CCN2C(=O)CC(C(C)C(C)C)C2=O)C(C)C)cc1)C(C)C. The Hall–Kier alpha value is -7.75. The van der Waals surface area contributed by atoms with Crippen LogP contribution in [0.5, 0.6) is 0 Å². The standard InChI is InChI=1S/C69H109N11O16/c1-17-42(10)58(51(94-15)36-54(83)79-33-22-26-50(79)61(95-16)60(85)65(89)72-44(12)59(84)46-23-19-18-20-24-46)77(13)67(91)56(40(6)7)76-64(88)57(41(8)9)78(14)69(93)96-37-45-27-29-47(30-28-45)73-62(86)49(25-21-32-71-68(70)92)74-63(87)55(39(4)5)75-52(81)31-34-80-53(82)35-48(66(80)90)43(11)38(2)3/h18-20,23-24,27-30,38-44,48-51,55-61,84-85H,17,21-22,25-26,31-37H2,1-16H3,(H,72,89)(H,73,86)(H,74,87)(H,75,81)(H,76,88)(H3,70,71,92)/t42-,43?,44+,48?,49-,50?,51+,55?,56?,57?,58?,59+,60-,61-/m0/s1. The lowest BCUT2D eigenvalue weighted by Crippen LogP contribution is -2.60. The molecule has 2 saturated heterocycles. The maximum Gasteiger partial charge on any atom is 0.410 e. The maximum atomic E-state index is 14.8. The van der Waals surface area contributed by atoms with Crippen LogP contribution in [0.15, 0.2) is 54.6 Å². The number of anilines is 1. The highest BCUT2D eigenvalue weighted by molar-refractivity contribution is 6.04. The smallest absolute Gasteiger partial charge is 0.410 e. The number of nitrogens with two attached hydrogens (primary N) is 1. The second kappa shape index (κ2) is 38.3. The Bertz CT molecular complexity index is 2930. The number of carbonyl (C=O) groups excluding carboxylic acids is 11. The van der Waals surface area contributed by atoms with E-state index in [9.17, 15) is 63.0 Å². The van der Waals surface area contributed by atoms with E-state index in [1.165, 1.54) is 26.2 Å². The fourth-order valence-corrected chi connectivity index (χ4v) is 12.5. The Balaban J connectivity index is 1.39. The molecule has 0 radical (unpaired) electrons. The molecular weight excluding hydrogens is 1240 g/mol. The molecule has 0 aromatic heterocycles. The maximum absolute atomic E-state index is 14.8. The minimum absolute atomic E-state index is 0.0318. The molecule has 0 bridgehead atoms. The van der Waals surface area contributed by atoms with E-state index in [1.54, 1.807) is 115 Å². The van der Waals surface area contributed by atoms with E-state index in [0.717, 1.165) is 9.80 Å². The number of amides is 12. The summed E-state index contributed by atoms with van der Waals surface area (Å²) in [5.41, 5.74) is 6.65. The van der Waals surface area contributed by atoms with Crippen molar-refractivity contribution in [3.8, 4) is 0 Å². The van der Waals surface area contributed by atoms with Gasteiger partial charge in [0.05, 0.1) is 42.7 Å². The Morgan fingerprint density at radius 3 is 1.93 bits per heavy atom. The Labute approximate surface area is 566 Å². The van der Waals surface area contributed by atoms with E-state index in [0.29, 0.717) is 42.6 Å². The average molecular weight is 1350 g/mol. The number of hydrogen-bond donors (Lipinski definition) is 9. The number of urea groups is 1. The highest BCUT2D eigenvalue weighted by Crippen LogP contribution is 2.32. The third-order valence-corrected chi connectivity index (χ3v) is 18.7. The molecule has 0 aliphatic carbocycles. The number of imide groups is 1. The van der Waals surface area contributed by atoms with Crippen molar-refractivity contribution in [2.75, 3.05) is 53.3 Å². The topological polar surface area (TPSA) is 367 Å². The molecule has 536 valence electrons. The average Bonchev–Trinajstić information content (AvgIpc) is 1.53. The summed E-state index contributed by atoms with van der Waals surface area (Å²) >= 11 is 0. The minimum atomic E-state index is -1.69. The first-order chi connectivity index (χ1) is 45.2. The second-order valence-corrected chi connectivity index (χ2v) is 27.0. The monoisotopic (exact) mass is 1350 g/mol. The number of methoxy groups -OCH3 is 2. The fourth-order valence-electron chi connectivity index (χ4n) is 12.5. The van der Waals surface area contributed by atoms with Crippen LogP contribution in [-0.4, -0.2) is 204 Å². The van der Waals surface area contributed by atoms with E-state index < -0.39 is 138 Å². The van der Waals surface area contributed by atoms with Crippen molar-refractivity contribution in [1.29, 1.82) is 0 Å². The normalized spacial score (nSPS) is 18.6. The summed E-state index contributed by atoms with van der Waals surface area (Å²) in [7, 11) is 5.83. The van der Waals surface area contributed by atoms with Crippen molar-refractivity contribution in [3.05, 3.63) is 65.7 Å². The van der Waals surface area contributed by atoms with Crippen LogP contribution in [0, 0.1) is 41.4 Å². The van der Waals surface area contributed by atoms with Crippen LogP contribution in [0.4, 0.5) is 15.3 Å². The molecular formula is C69H109N11O16. The zero-order valence-corrected chi connectivity index (χ0v) is 59.0. The first kappa shape index (κ1) is 80.7. The number of ether oxygens (including phenoxy) is 3. The highest BCUT2D eigenvalue weighted by atomic mass is 16.6. The molecule has 10 N–H and O–H groups in total. The van der Waals surface area contributed by atoms with Crippen LogP contribution in [0.1, 0.15) is 152 Å². The van der Waals surface area contributed by atoms with Crippen LogP contribution in [0.2, 0.25) is 0 Å². The summed E-state index contributed by atoms with van der Waals surface area (Å²) in [6, 6.07) is 7.71. The van der Waals surface area contributed by atoms with E-state index in [2.05, 4.69) is 31.9 Å². The van der Waals surface area contributed by atoms with Crippen LogP contribution < -0.4 is 37.6 Å². The van der Waals surface area contributed by atoms with Gasteiger partial charge in [0.1, 0.15) is 36.9 Å². The molecule has 27 nitrogen and oxygen atoms in total. The fraction of sp³-hybridized carbons (Fsp3) is 0.667. The predicted octanol–water partition coefficient (Wildman–Crippen LogP) is 4.37. The van der Waals surface area contributed by atoms with Crippen molar-refractivity contribution in [2.24, 2.45) is 47.2 Å². The molecule has 2 aliphatic rings. The predicted molar refractivity (Wildman–Crippen MR) is 359 cm³/mol. The summed E-state index contributed by atoms with van der Waals surface area (Å²) in [6.07, 6.45) is -4.04. The summed E-state index contributed by atoms with van der Waals surface area (Å²) < 4.78 is 17.4. The van der Waals surface area contributed by atoms with Crippen LogP contribution in [-0.2, 0) is 64.0 Å². The number of nitrogens with zero attached hydrogens (tertiary/aromatic N) is 4. The van der Waals surface area contributed by atoms with Gasteiger partial charge in [-0.3, -0.25) is 53.0 Å². The number of hydrogen-bond acceptors (Lipinski definition) is 16. The van der Waals surface area contributed by atoms with Crippen molar-refractivity contribution < 1.29 is 77.2 Å². The van der Waals surface area contributed by atoms with Crippen LogP contribution in [0.25, 0.3) is 0 Å². The number of carbonyl (C=O) groups is 11. The van der Waals surface area contributed by atoms with E-state index >= 15 is 0 Å². The van der Waals surface area contributed by atoms with Gasteiger partial charge in [0.2, 0.25) is 47.3 Å². The van der Waals surface area contributed by atoms with Gasteiger partial charge >= 0.3 is 12.1 Å². The number of benzene rings is 2. The lowest BCUT2D eigenvalue weighted by atomic mass is 9.84. The minimum Gasteiger partial charge on any atom is -0.445 e. The molecule has 27 heteroatoms. The Morgan fingerprint density at radius 2 is 1.36 bits per heavy atom. The molecule has 7 unspecified atom stereocenters. The van der Waals surface area contributed by atoms with Gasteiger partial charge in [-0.05, 0) is 91.4 Å². The molecule has 2 aromatic rings. The molecule has 0 spiro atoms. The number of likely N-dealkylation sites (tertiary alicyclic amines) is 2. The van der Waals surface area contributed by atoms with Gasteiger partial charge in [0.15, 0.2) is 6.10 Å². The first-order valence-electron chi connectivity index (χ1n) is 33.6. The lowest BCUT2D eigenvalue weighted by Gasteiger charge is -2.41. The zero-order valence-electron chi connectivity index (χ0n) is 59.0. The molecule has 12 amide bonds. The van der Waals surface area contributed by atoms with E-state index in [1.807, 2.05) is 34.6 Å². The number of likely N-dealkylation sites (N-methyl/N-ethyl adjacent to an activating group) is 2. The number of aliphatic hydroxyl groups is 2. The summed E-state index contributed by atoms with van der Waals surface area (Å²) in [5.74, 6) is -6.66. The second-order valence-electron chi connectivity index (χ2n) is 27.0. The third-order valence-electron chi connectivity index (χ3n) is 18.7. The van der Waals surface area contributed by atoms with Gasteiger partial charge in [0.25, 0.3) is 5.91 Å². The molecule has 14 atom stereocenters. The molecule has 2 fully saturated rings. The van der Waals surface area contributed by atoms with Crippen molar-refractivity contribution >= 4 is 71.0 Å².